The van der Waals surface area contributed by atoms with E-state index in [2.05, 4.69) is 5.32 Å². The molecule has 0 aliphatic heterocycles. The molecule has 1 heterocycles. The summed E-state index contributed by atoms with van der Waals surface area (Å²) >= 11 is 5.98. The van der Waals surface area contributed by atoms with E-state index in [1.54, 1.807) is 55.8 Å². The Balaban J connectivity index is 1.71. The predicted octanol–water partition coefficient (Wildman–Crippen LogP) is 6.94. The number of fused-ring (bicyclic) bond motifs is 1. The summed E-state index contributed by atoms with van der Waals surface area (Å²) in [5.41, 5.74) is 4.37. The van der Waals surface area contributed by atoms with Crippen LogP contribution in [0.15, 0.2) is 77.4 Å². The molecule has 0 aliphatic carbocycles. The van der Waals surface area contributed by atoms with Gasteiger partial charge in [-0.1, -0.05) is 29.8 Å². The number of furan rings is 1. The first-order chi connectivity index (χ1) is 14.9. The van der Waals surface area contributed by atoms with Crippen LogP contribution in [0.2, 0.25) is 5.02 Å². The van der Waals surface area contributed by atoms with Crippen LogP contribution in [0.4, 0.5) is 10.1 Å². The maximum atomic E-state index is 13.3. The van der Waals surface area contributed by atoms with Gasteiger partial charge in [-0.2, -0.15) is 0 Å². The summed E-state index contributed by atoms with van der Waals surface area (Å²) in [6.45, 7) is 1.83. The first-order valence-corrected chi connectivity index (χ1v) is 9.93. The van der Waals surface area contributed by atoms with Gasteiger partial charge in [0, 0.05) is 39.4 Å². The van der Waals surface area contributed by atoms with Crippen molar-refractivity contribution in [3.8, 4) is 16.9 Å². The third kappa shape index (κ3) is 4.47. The van der Waals surface area contributed by atoms with Gasteiger partial charge in [-0.15, -0.1) is 0 Å². The summed E-state index contributed by atoms with van der Waals surface area (Å²) < 4.78 is 24.5. The SMILES string of the molecule is COc1cc2occ(-c3ccc(F)cc3)c2cc1/C(C)=C/C(=O)Nc1cccc(Cl)c1. The highest BCUT2D eigenvalue weighted by atomic mass is 35.5. The van der Waals surface area contributed by atoms with E-state index in [9.17, 15) is 9.18 Å². The highest BCUT2D eigenvalue weighted by molar-refractivity contribution is 6.31. The Hall–Kier alpha value is -3.57. The van der Waals surface area contributed by atoms with Crippen molar-refractivity contribution in [2.75, 3.05) is 12.4 Å². The second-order valence-electron chi connectivity index (χ2n) is 7.03. The fraction of sp³-hybridized carbons (Fsp3) is 0.0800. The van der Waals surface area contributed by atoms with Crippen LogP contribution < -0.4 is 10.1 Å². The number of amides is 1. The lowest BCUT2D eigenvalue weighted by Gasteiger charge is -2.10. The quantitative estimate of drug-likeness (QED) is 0.345. The molecule has 3 aromatic carbocycles. The van der Waals surface area contributed by atoms with Gasteiger partial charge >= 0.3 is 0 Å². The Bertz CT molecular complexity index is 1290. The number of halogens is 2. The van der Waals surface area contributed by atoms with E-state index in [4.69, 9.17) is 20.8 Å². The van der Waals surface area contributed by atoms with Crippen molar-refractivity contribution in [1.82, 2.24) is 0 Å². The zero-order valence-electron chi connectivity index (χ0n) is 16.9. The second kappa shape index (κ2) is 8.66. The highest BCUT2D eigenvalue weighted by Gasteiger charge is 2.15. The molecule has 1 N–H and O–H groups in total. The molecule has 0 fully saturated rings. The fourth-order valence-electron chi connectivity index (χ4n) is 3.40. The fourth-order valence-corrected chi connectivity index (χ4v) is 3.59. The minimum atomic E-state index is -0.302. The molecule has 0 spiro atoms. The van der Waals surface area contributed by atoms with Gasteiger partial charge in [0.25, 0.3) is 0 Å². The maximum Gasteiger partial charge on any atom is 0.248 e. The number of benzene rings is 3. The molecule has 6 heteroatoms. The molecule has 0 saturated heterocycles. The molecule has 1 amide bonds. The number of anilines is 1. The number of nitrogens with one attached hydrogen (secondary N) is 1. The average molecular weight is 436 g/mol. The smallest absolute Gasteiger partial charge is 0.248 e. The van der Waals surface area contributed by atoms with Gasteiger partial charge in [-0.3, -0.25) is 4.79 Å². The molecule has 4 rings (SSSR count). The van der Waals surface area contributed by atoms with E-state index in [1.807, 2.05) is 13.0 Å². The molecule has 31 heavy (non-hydrogen) atoms. The molecule has 0 saturated carbocycles. The van der Waals surface area contributed by atoms with E-state index in [0.29, 0.717) is 27.6 Å². The number of methoxy groups -OCH3 is 1. The Kier molecular flexibility index (Phi) is 5.78. The second-order valence-corrected chi connectivity index (χ2v) is 7.47. The lowest BCUT2D eigenvalue weighted by atomic mass is 9.99. The van der Waals surface area contributed by atoms with E-state index in [1.165, 1.54) is 18.2 Å². The molecule has 0 unspecified atom stereocenters. The Morgan fingerprint density at radius 2 is 1.90 bits per heavy atom. The normalized spacial score (nSPS) is 11.5. The third-order valence-electron chi connectivity index (χ3n) is 4.92. The van der Waals surface area contributed by atoms with Gasteiger partial charge < -0.3 is 14.5 Å². The molecule has 1 aromatic heterocycles. The van der Waals surface area contributed by atoms with E-state index >= 15 is 0 Å². The Morgan fingerprint density at radius 3 is 2.61 bits per heavy atom. The van der Waals surface area contributed by atoms with Crippen molar-refractivity contribution in [3.63, 3.8) is 0 Å². The van der Waals surface area contributed by atoms with E-state index < -0.39 is 0 Å². The monoisotopic (exact) mass is 435 g/mol. The number of hydrogen-bond donors (Lipinski definition) is 1. The molecule has 0 radical (unpaired) electrons. The van der Waals surface area contributed by atoms with Gasteiger partial charge in [0.2, 0.25) is 5.91 Å². The van der Waals surface area contributed by atoms with Crippen LogP contribution in [-0.4, -0.2) is 13.0 Å². The first kappa shape index (κ1) is 20.7. The van der Waals surface area contributed by atoms with Crippen molar-refractivity contribution in [3.05, 3.63) is 89.4 Å². The van der Waals surface area contributed by atoms with Crippen LogP contribution in [0.3, 0.4) is 0 Å². The van der Waals surface area contributed by atoms with Crippen LogP contribution in [0.1, 0.15) is 12.5 Å². The van der Waals surface area contributed by atoms with Gasteiger partial charge in [0.15, 0.2) is 0 Å². The number of hydrogen-bond acceptors (Lipinski definition) is 3. The van der Waals surface area contributed by atoms with Crippen LogP contribution in [-0.2, 0) is 4.79 Å². The largest absolute Gasteiger partial charge is 0.496 e. The van der Waals surface area contributed by atoms with Crippen LogP contribution in [0.25, 0.3) is 27.7 Å². The third-order valence-corrected chi connectivity index (χ3v) is 5.15. The molecular weight excluding hydrogens is 417 g/mol. The Morgan fingerprint density at radius 1 is 1.13 bits per heavy atom. The van der Waals surface area contributed by atoms with Crippen LogP contribution in [0.5, 0.6) is 5.75 Å². The molecular formula is C25H19ClFNO3. The molecule has 0 aliphatic rings. The lowest BCUT2D eigenvalue weighted by molar-refractivity contribution is -0.111. The minimum Gasteiger partial charge on any atom is -0.496 e. The summed E-state index contributed by atoms with van der Waals surface area (Å²) in [4.78, 5) is 12.5. The average Bonchev–Trinajstić information content (AvgIpc) is 3.16. The molecule has 0 bridgehead atoms. The number of ether oxygens (including phenoxy) is 1. The van der Waals surface area contributed by atoms with Crippen LogP contribution in [0, 0.1) is 5.82 Å². The van der Waals surface area contributed by atoms with Crippen molar-refractivity contribution in [2.24, 2.45) is 0 Å². The number of allylic oxidation sites excluding steroid dienone is 1. The molecule has 4 aromatic rings. The maximum absolute atomic E-state index is 13.3. The summed E-state index contributed by atoms with van der Waals surface area (Å²) in [6.07, 6.45) is 3.13. The Labute approximate surface area is 183 Å². The van der Waals surface area contributed by atoms with E-state index in [-0.39, 0.29) is 11.7 Å². The number of carbonyl (C=O) groups excluding carboxylic acids is 1. The van der Waals surface area contributed by atoms with Crippen LogP contribution >= 0.6 is 11.6 Å². The topological polar surface area (TPSA) is 51.5 Å². The molecule has 4 nitrogen and oxygen atoms in total. The summed E-state index contributed by atoms with van der Waals surface area (Å²) in [7, 11) is 1.56. The molecule has 0 atom stereocenters. The highest BCUT2D eigenvalue weighted by Crippen LogP contribution is 2.37. The van der Waals surface area contributed by atoms with E-state index in [0.717, 1.165) is 22.1 Å². The van der Waals surface area contributed by atoms with Gasteiger partial charge in [-0.25, -0.2) is 4.39 Å². The summed E-state index contributed by atoms with van der Waals surface area (Å²) in [5.74, 6) is -0.00641. The van der Waals surface area contributed by atoms with Crippen molar-refractivity contribution < 1.29 is 18.3 Å². The van der Waals surface area contributed by atoms with Gasteiger partial charge in [0.05, 0.1) is 13.4 Å². The minimum absolute atomic E-state index is 0.284. The lowest BCUT2D eigenvalue weighted by Crippen LogP contribution is -2.08. The zero-order valence-corrected chi connectivity index (χ0v) is 17.7. The van der Waals surface area contributed by atoms with Gasteiger partial charge in [-0.05, 0) is 54.5 Å². The number of rotatable bonds is 5. The summed E-state index contributed by atoms with van der Waals surface area (Å²) in [5, 5.41) is 4.18. The first-order valence-electron chi connectivity index (χ1n) is 9.55. The molecule has 156 valence electrons. The van der Waals surface area contributed by atoms with Gasteiger partial charge in [0.1, 0.15) is 17.1 Å². The van der Waals surface area contributed by atoms with Crippen molar-refractivity contribution >= 4 is 39.7 Å². The zero-order chi connectivity index (χ0) is 22.0. The predicted molar refractivity (Wildman–Crippen MR) is 122 cm³/mol. The standard InChI is InChI=1S/C25H19ClFNO3/c1-15(10-25(29)28-19-5-3-4-17(26)11-19)20-12-21-22(16-6-8-18(27)9-7-16)14-31-24(21)13-23(20)30-2/h3-14H,1-2H3,(H,28,29)/b15-10+. The van der Waals surface area contributed by atoms with Crippen molar-refractivity contribution in [1.29, 1.82) is 0 Å². The summed E-state index contributed by atoms with van der Waals surface area (Å²) in [6, 6.07) is 16.8. The number of carbonyl (C=O) groups is 1. The van der Waals surface area contributed by atoms with Crippen molar-refractivity contribution in [2.45, 2.75) is 6.92 Å².